The molecule has 0 amide bonds. The molecule has 42 valence electrons. The van der Waals surface area contributed by atoms with Crippen LogP contribution in [0.15, 0.2) is 0 Å². The predicted octanol–water partition coefficient (Wildman–Crippen LogP) is -1.36. The molecular formula is Al2MoO5. The van der Waals surface area contributed by atoms with Crippen LogP contribution in [0.5, 0.6) is 0 Å². The van der Waals surface area contributed by atoms with Crippen LogP contribution in [0.3, 0.4) is 0 Å². The quantitative estimate of drug-likeness (QED) is 0.453. The number of hydrogen-bond acceptors (Lipinski definition) is 0. The van der Waals surface area contributed by atoms with Crippen LogP contribution >= 0.6 is 0 Å². The molecule has 0 radical (unpaired) electrons. The Kier molecular flexibility index (Phi) is 7320. The molecule has 0 atom stereocenters. The zero-order chi connectivity index (χ0) is 0. The average molecular weight is 230 g/mol. The van der Waals surface area contributed by atoms with E-state index in [-0.39, 0.29) is 83.2 Å². The van der Waals surface area contributed by atoms with Gasteiger partial charge in [-0.15, -0.1) is 0 Å². The monoisotopic (exact) mass is 232 g/mol. The summed E-state index contributed by atoms with van der Waals surface area (Å²) in [5.41, 5.74) is 0. The zero-order valence-electron chi connectivity index (χ0n) is 3.60. The summed E-state index contributed by atoms with van der Waals surface area (Å²) in [7, 11) is 0. The molecule has 5 nitrogen and oxygen atoms in total. The molecule has 0 unspecified atom stereocenters. The van der Waals surface area contributed by atoms with E-state index in [2.05, 4.69) is 0 Å². The fourth-order valence-electron chi connectivity index (χ4n) is 0. The van der Waals surface area contributed by atoms with Gasteiger partial charge < -0.3 is 27.4 Å². The Morgan fingerprint density at radius 3 is 0.375 bits per heavy atom. The van der Waals surface area contributed by atoms with E-state index in [9.17, 15) is 0 Å². The molecule has 0 aliphatic rings. The van der Waals surface area contributed by atoms with Crippen LogP contribution in [0.2, 0.25) is 0 Å². The Bertz CT molecular complexity index is 10.4. The van der Waals surface area contributed by atoms with Crippen molar-refractivity contribution in [3.05, 3.63) is 0 Å². The van der Waals surface area contributed by atoms with Crippen molar-refractivity contribution in [1.29, 1.82) is 0 Å². The fraction of sp³-hybridized carbons (Fsp3) is 0. The second-order valence-electron chi connectivity index (χ2n) is 0. The van der Waals surface area contributed by atoms with E-state index in [4.69, 9.17) is 0 Å². The van der Waals surface area contributed by atoms with E-state index >= 15 is 0 Å². The molecule has 0 bridgehead atoms. The average Bonchev–Trinajstić information content (AvgIpc) is 0. The summed E-state index contributed by atoms with van der Waals surface area (Å²) in [5.74, 6) is 0. The molecule has 0 aliphatic carbocycles. The van der Waals surface area contributed by atoms with Crippen molar-refractivity contribution in [2.75, 3.05) is 0 Å². The van der Waals surface area contributed by atoms with Gasteiger partial charge in [-0.3, -0.25) is 0 Å². The van der Waals surface area contributed by atoms with Gasteiger partial charge in [-0.1, -0.05) is 0 Å². The van der Waals surface area contributed by atoms with E-state index in [1.54, 1.807) is 0 Å². The Labute approximate surface area is 82.9 Å². The van der Waals surface area contributed by atoms with E-state index in [0.717, 1.165) is 0 Å². The third-order valence-corrected chi connectivity index (χ3v) is 0. The molecule has 8 heteroatoms. The van der Waals surface area contributed by atoms with Crippen LogP contribution in [0.4, 0.5) is 0 Å². The first kappa shape index (κ1) is 290. The van der Waals surface area contributed by atoms with Gasteiger partial charge in [0.05, 0.1) is 0 Å². The topological polar surface area (TPSA) is 142 Å². The molecule has 0 N–H and O–H groups in total. The van der Waals surface area contributed by atoms with E-state index in [1.165, 1.54) is 0 Å². The summed E-state index contributed by atoms with van der Waals surface area (Å²) < 4.78 is 0. The first-order valence-corrected chi connectivity index (χ1v) is 0. The van der Waals surface area contributed by atoms with Crippen molar-refractivity contribution in [2.45, 2.75) is 0 Å². The molecule has 0 saturated heterocycles. The normalized spacial score (nSPS) is 0. The minimum Gasteiger partial charge on any atom is -2.00 e. The smallest absolute Gasteiger partial charge is 2.00 e. The molecule has 0 aromatic carbocycles. The minimum atomic E-state index is 0. The first-order chi connectivity index (χ1) is 0. The fourth-order valence-corrected chi connectivity index (χ4v) is 0. The Hall–Kier alpha value is 1.55. The van der Waals surface area contributed by atoms with Gasteiger partial charge >= 0.3 is 55.8 Å². The van der Waals surface area contributed by atoms with Gasteiger partial charge in [-0.05, 0) is 0 Å². The van der Waals surface area contributed by atoms with Crippen molar-refractivity contribution in [1.82, 2.24) is 0 Å². The molecule has 0 heterocycles. The first-order valence-electron chi connectivity index (χ1n) is 0. The van der Waals surface area contributed by atoms with Crippen LogP contribution in [-0.2, 0) is 48.4 Å². The molecule has 0 fully saturated rings. The Morgan fingerprint density at radius 1 is 0.375 bits per heavy atom. The van der Waals surface area contributed by atoms with Gasteiger partial charge in [0, 0.05) is 0 Å². The molecular weight excluding hydrogens is 230 g/mol. The molecule has 0 aromatic rings. The summed E-state index contributed by atoms with van der Waals surface area (Å²) in [5, 5.41) is 0. The van der Waals surface area contributed by atoms with Gasteiger partial charge in [0.1, 0.15) is 0 Å². The van der Waals surface area contributed by atoms with Crippen molar-refractivity contribution < 1.29 is 48.4 Å². The summed E-state index contributed by atoms with van der Waals surface area (Å²) in [6, 6.07) is 0. The summed E-state index contributed by atoms with van der Waals surface area (Å²) in [6.45, 7) is 0. The van der Waals surface area contributed by atoms with Gasteiger partial charge in [0.2, 0.25) is 0 Å². The van der Waals surface area contributed by atoms with Crippen molar-refractivity contribution in [3.63, 3.8) is 0 Å². The SMILES string of the molecule is [Al+3].[Al+3].[Mo+4].[O-2].[O-2].[O-2].[O-2].[O-2]. The molecule has 0 aromatic heterocycles. The maximum absolute atomic E-state index is 0. The van der Waals surface area contributed by atoms with Gasteiger partial charge in [-0.25, -0.2) is 0 Å². The van der Waals surface area contributed by atoms with Crippen LogP contribution < -0.4 is 0 Å². The van der Waals surface area contributed by atoms with Crippen LogP contribution in [0.25, 0.3) is 0 Å². The van der Waals surface area contributed by atoms with Crippen molar-refractivity contribution in [3.8, 4) is 0 Å². The largest absolute Gasteiger partial charge is 4.00 e. The van der Waals surface area contributed by atoms with Gasteiger partial charge in [0.25, 0.3) is 0 Å². The summed E-state index contributed by atoms with van der Waals surface area (Å²) in [6.07, 6.45) is 0. The van der Waals surface area contributed by atoms with Gasteiger partial charge in [0.15, 0.2) is 0 Å². The van der Waals surface area contributed by atoms with E-state index in [1.807, 2.05) is 0 Å². The van der Waals surface area contributed by atoms with Crippen LogP contribution in [0, 0.1) is 0 Å². The third-order valence-electron chi connectivity index (χ3n) is 0. The third kappa shape index (κ3) is 134. The Morgan fingerprint density at radius 2 is 0.375 bits per heavy atom. The standard InChI is InChI=1S/2Al.Mo.5O/q2*+3;+4;5*-2. The number of rotatable bonds is 0. The molecule has 0 rings (SSSR count). The second-order valence-corrected chi connectivity index (χ2v) is 0. The molecule has 0 spiro atoms. The minimum absolute atomic E-state index is 0. The van der Waals surface area contributed by atoms with E-state index < -0.39 is 0 Å². The molecule has 0 aliphatic heterocycles. The summed E-state index contributed by atoms with van der Waals surface area (Å²) >= 11 is 0. The van der Waals surface area contributed by atoms with Crippen molar-refractivity contribution in [2.24, 2.45) is 0 Å². The van der Waals surface area contributed by atoms with E-state index in [0.29, 0.717) is 0 Å². The number of hydrogen-bond donors (Lipinski definition) is 0. The maximum atomic E-state index is 0. The predicted molar refractivity (Wildman–Crippen MR) is 14.9 cm³/mol. The van der Waals surface area contributed by atoms with Crippen LogP contribution in [-0.4, -0.2) is 34.7 Å². The summed E-state index contributed by atoms with van der Waals surface area (Å²) in [4.78, 5) is 0. The Balaban J connectivity index is 0. The maximum Gasteiger partial charge on any atom is 4.00 e. The molecule has 8 heavy (non-hydrogen) atoms. The van der Waals surface area contributed by atoms with Crippen LogP contribution in [0.1, 0.15) is 0 Å². The molecule has 0 saturated carbocycles. The van der Waals surface area contributed by atoms with Crippen molar-refractivity contribution >= 4 is 34.7 Å². The van der Waals surface area contributed by atoms with Gasteiger partial charge in [-0.2, -0.15) is 0 Å². The second kappa shape index (κ2) is 202. The zero-order valence-corrected chi connectivity index (χ0v) is 7.92.